The van der Waals surface area contributed by atoms with Gasteiger partial charge < -0.3 is 4.74 Å². The summed E-state index contributed by atoms with van der Waals surface area (Å²) in [5.41, 5.74) is 0.0579. The number of nitro benzene ring substituents is 1. The molecule has 2 aromatic rings. The number of nitro groups is 1. The Hall–Kier alpha value is -3.19. The van der Waals surface area contributed by atoms with Crippen LogP contribution in [0.1, 0.15) is 29.5 Å². The zero-order valence-electron chi connectivity index (χ0n) is 17.9. The number of rotatable bonds is 4. The summed E-state index contributed by atoms with van der Waals surface area (Å²) < 4.78 is 71.3. The van der Waals surface area contributed by atoms with Crippen molar-refractivity contribution in [3.63, 3.8) is 0 Å². The predicted octanol–water partition coefficient (Wildman–Crippen LogP) is 4.23. The number of cyclic esters (lactones) is 1. The second-order valence-electron chi connectivity index (χ2n) is 8.13. The van der Waals surface area contributed by atoms with Crippen LogP contribution >= 0.6 is 0 Å². The number of benzene rings is 2. The molecule has 2 heterocycles. The van der Waals surface area contributed by atoms with Gasteiger partial charge in [-0.3, -0.25) is 15.0 Å². The SMILES string of the molecule is Cc1ccc2c(c1)COC(=O)N2C1CCN(S(=O)(=O)c2ccc(C(F)(F)F)cc2[N+](=O)[O-])CC1. The summed E-state index contributed by atoms with van der Waals surface area (Å²) in [4.78, 5) is 23.4. The standard InChI is InChI=1S/C21H20F3N3O6S/c1-13-2-4-17-14(10-13)12-33-20(28)26(17)16-6-8-25(9-7-16)34(31,32)19-5-3-15(21(22,23)24)11-18(19)27(29)30/h2-5,10-11,16H,6-9,12H2,1H3. The molecule has 0 atom stereocenters. The highest BCUT2D eigenvalue weighted by Gasteiger charge is 2.40. The summed E-state index contributed by atoms with van der Waals surface area (Å²) in [6.45, 7) is 1.90. The van der Waals surface area contributed by atoms with E-state index in [1.54, 1.807) is 6.07 Å². The van der Waals surface area contributed by atoms with Crippen LogP contribution in [0.5, 0.6) is 0 Å². The van der Waals surface area contributed by atoms with E-state index in [9.17, 15) is 36.5 Å². The number of piperidine rings is 1. The minimum absolute atomic E-state index is 0.0733. The van der Waals surface area contributed by atoms with E-state index in [2.05, 4.69) is 0 Å². The number of carbonyl (C=O) groups excluding carboxylic acids is 1. The Labute approximate surface area is 192 Å². The van der Waals surface area contributed by atoms with Gasteiger partial charge in [-0.1, -0.05) is 17.7 Å². The van der Waals surface area contributed by atoms with Crippen LogP contribution in [0.2, 0.25) is 0 Å². The van der Waals surface area contributed by atoms with E-state index < -0.39 is 43.4 Å². The van der Waals surface area contributed by atoms with E-state index in [4.69, 9.17) is 4.74 Å². The van der Waals surface area contributed by atoms with Crippen LogP contribution in [0.3, 0.4) is 0 Å². The lowest BCUT2D eigenvalue weighted by Crippen LogP contribution is -2.50. The van der Waals surface area contributed by atoms with E-state index >= 15 is 0 Å². The van der Waals surface area contributed by atoms with Crippen molar-refractivity contribution in [2.75, 3.05) is 18.0 Å². The van der Waals surface area contributed by atoms with Crippen molar-refractivity contribution in [3.05, 3.63) is 63.2 Å². The van der Waals surface area contributed by atoms with Gasteiger partial charge in [-0.05, 0) is 38.0 Å². The topological polar surface area (TPSA) is 110 Å². The Balaban J connectivity index is 1.57. The number of carbonyl (C=O) groups is 1. The zero-order valence-corrected chi connectivity index (χ0v) is 18.7. The van der Waals surface area contributed by atoms with E-state index in [0.29, 0.717) is 17.8 Å². The summed E-state index contributed by atoms with van der Waals surface area (Å²) in [7, 11) is -4.44. The molecule has 9 nitrogen and oxygen atoms in total. The molecule has 0 N–H and O–H groups in total. The molecular formula is C21H20F3N3O6S. The Morgan fingerprint density at radius 3 is 2.41 bits per heavy atom. The van der Waals surface area contributed by atoms with Crippen molar-refractivity contribution in [1.29, 1.82) is 0 Å². The van der Waals surface area contributed by atoms with Crippen LogP contribution in [-0.2, 0) is 27.5 Å². The molecule has 0 unspecified atom stereocenters. The third kappa shape index (κ3) is 4.32. The molecule has 1 amide bonds. The molecule has 13 heteroatoms. The largest absolute Gasteiger partial charge is 0.444 e. The molecule has 1 saturated heterocycles. The molecule has 182 valence electrons. The third-order valence-electron chi connectivity index (χ3n) is 5.93. The Morgan fingerprint density at radius 2 is 1.79 bits per heavy atom. The van der Waals surface area contributed by atoms with Crippen LogP contribution in [0.25, 0.3) is 0 Å². The number of anilines is 1. The summed E-state index contributed by atoms with van der Waals surface area (Å²) >= 11 is 0. The maximum Gasteiger partial charge on any atom is 0.416 e. The number of amides is 1. The fourth-order valence-corrected chi connectivity index (χ4v) is 5.86. The van der Waals surface area contributed by atoms with E-state index in [1.807, 2.05) is 19.1 Å². The monoisotopic (exact) mass is 499 g/mol. The van der Waals surface area contributed by atoms with Gasteiger partial charge in [0.25, 0.3) is 5.69 Å². The molecule has 4 rings (SSSR count). The first-order valence-electron chi connectivity index (χ1n) is 10.3. The Bertz CT molecular complexity index is 1260. The van der Waals surface area contributed by atoms with Crippen molar-refractivity contribution in [3.8, 4) is 0 Å². The highest BCUT2D eigenvalue weighted by atomic mass is 32.2. The smallest absolute Gasteiger partial charge is 0.416 e. The molecule has 0 bridgehead atoms. The molecule has 1 fully saturated rings. The molecule has 2 aromatic carbocycles. The molecule has 0 radical (unpaired) electrons. The van der Waals surface area contributed by atoms with E-state index in [-0.39, 0.29) is 44.6 Å². The van der Waals surface area contributed by atoms with Crippen molar-refractivity contribution >= 4 is 27.5 Å². The summed E-state index contributed by atoms with van der Waals surface area (Å²) in [5.74, 6) is 0. The predicted molar refractivity (Wildman–Crippen MR) is 114 cm³/mol. The van der Waals surface area contributed by atoms with Crippen molar-refractivity contribution in [2.45, 2.75) is 43.5 Å². The number of halogens is 3. The summed E-state index contributed by atoms with van der Waals surface area (Å²) in [6, 6.07) is 6.54. The molecule has 2 aliphatic rings. The Kier molecular flexibility index (Phi) is 6.02. The second kappa shape index (κ2) is 8.55. The molecule has 0 aliphatic carbocycles. The number of hydrogen-bond donors (Lipinski definition) is 0. The maximum atomic E-state index is 13.1. The minimum atomic E-state index is -4.86. The maximum absolute atomic E-state index is 13.1. The minimum Gasteiger partial charge on any atom is -0.444 e. The van der Waals surface area contributed by atoms with Crippen LogP contribution in [0.15, 0.2) is 41.3 Å². The zero-order chi connectivity index (χ0) is 24.8. The van der Waals surface area contributed by atoms with E-state index in [0.717, 1.165) is 15.4 Å². The summed E-state index contributed by atoms with van der Waals surface area (Å²) in [5, 5.41) is 11.4. The lowest BCUT2D eigenvalue weighted by Gasteiger charge is -2.39. The molecule has 2 aliphatic heterocycles. The van der Waals surface area contributed by atoms with Gasteiger partial charge in [0.2, 0.25) is 10.0 Å². The van der Waals surface area contributed by atoms with Gasteiger partial charge >= 0.3 is 12.3 Å². The lowest BCUT2D eigenvalue weighted by molar-refractivity contribution is -0.388. The van der Waals surface area contributed by atoms with Gasteiger partial charge in [-0.25, -0.2) is 13.2 Å². The number of nitrogens with zero attached hydrogens (tertiary/aromatic N) is 3. The fraction of sp³-hybridized carbons (Fsp3) is 0.381. The van der Waals surface area contributed by atoms with Gasteiger partial charge in [0.1, 0.15) is 6.61 Å². The highest BCUT2D eigenvalue weighted by Crippen LogP contribution is 2.37. The molecular weight excluding hydrogens is 479 g/mol. The van der Waals surface area contributed by atoms with Crippen LogP contribution in [0, 0.1) is 17.0 Å². The number of aryl methyl sites for hydroxylation is 1. The number of sulfonamides is 1. The summed E-state index contributed by atoms with van der Waals surface area (Å²) in [6.07, 6.45) is -4.97. The molecule has 0 spiro atoms. The first-order chi connectivity index (χ1) is 15.9. The van der Waals surface area contributed by atoms with Crippen molar-refractivity contribution in [2.24, 2.45) is 0 Å². The van der Waals surface area contributed by atoms with Gasteiger partial charge in [-0.15, -0.1) is 0 Å². The molecule has 0 saturated carbocycles. The van der Waals surface area contributed by atoms with Gasteiger partial charge in [-0.2, -0.15) is 17.5 Å². The normalized spacial score (nSPS) is 17.9. The van der Waals surface area contributed by atoms with Crippen molar-refractivity contribution in [1.82, 2.24) is 4.31 Å². The number of fused-ring (bicyclic) bond motifs is 1. The molecule has 34 heavy (non-hydrogen) atoms. The fourth-order valence-electron chi connectivity index (χ4n) is 4.25. The lowest BCUT2D eigenvalue weighted by atomic mass is 10.0. The van der Waals surface area contributed by atoms with Crippen LogP contribution < -0.4 is 4.90 Å². The van der Waals surface area contributed by atoms with E-state index in [1.165, 1.54) is 4.90 Å². The average molecular weight is 499 g/mol. The van der Waals surface area contributed by atoms with Crippen LogP contribution in [-0.4, -0.2) is 42.9 Å². The highest BCUT2D eigenvalue weighted by molar-refractivity contribution is 7.89. The quantitative estimate of drug-likeness (QED) is 0.460. The van der Waals surface area contributed by atoms with Crippen LogP contribution in [0.4, 0.5) is 29.3 Å². The Morgan fingerprint density at radius 1 is 1.12 bits per heavy atom. The van der Waals surface area contributed by atoms with Gasteiger partial charge in [0.15, 0.2) is 4.90 Å². The first-order valence-corrected chi connectivity index (χ1v) is 11.7. The average Bonchev–Trinajstić information content (AvgIpc) is 2.78. The second-order valence-corrected chi connectivity index (χ2v) is 10.0. The number of hydrogen-bond acceptors (Lipinski definition) is 6. The van der Waals surface area contributed by atoms with Gasteiger partial charge in [0, 0.05) is 30.8 Å². The molecule has 0 aromatic heterocycles. The number of ether oxygens (including phenoxy) is 1. The van der Waals surface area contributed by atoms with Gasteiger partial charge in [0.05, 0.1) is 16.2 Å². The van der Waals surface area contributed by atoms with Crippen molar-refractivity contribution < 1.29 is 36.0 Å². The first kappa shape index (κ1) is 24.0. The number of alkyl halides is 3. The third-order valence-corrected chi connectivity index (χ3v) is 7.88.